The van der Waals surface area contributed by atoms with Crippen LogP contribution >= 0.6 is 0 Å². The first-order valence-electron chi connectivity index (χ1n) is 9.00. The van der Waals surface area contributed by atoms with Crippen molar-refractivity contribution in [2.75, 3.05) is 0 Å². The molecule has 2 aliphatic carbocycles. The van der Waals surface area contributed by atoms with Crippen molar-refractivity contribution in [1.82, 2.24) is 0 Å². The lowest BCUT2D eigenvalue weighted by Gasteiger charge is -2.09. The fraction of sp³-hybridized carbons (Fsp3) is 0.304. The second-order valence-corrected chi connectivity index (χ2v) is 7.56. The molecular formula is C23H25NO2. The average Bonchev–Trinajstić information content (AvgIpc) is 2.75. The number of hydrogen-bond donors (Lipinski definition) is 0. The van der Waals surface area contributed by atoms with E-state index in [9.17, 15) is 10.1 Å². The van der Waals surface area contributed by atoms with Crippen molar-refractivity contribution in [2.24, 2.45) is 0 Å². The topological polar surface area (TPSA) is 43.1 Å². The van der Waals surface area contributed by atoms with Crippen LogP contribution in [0, 0.1) is 37.8 Å². The number of hydrogen-bond acceptors (Lipinski definition) is 2. The molecule has 0 unspecified atom stereocenters. The molecule has 3 rings (SSSR count). The van der Waals surface area contributed by atoms with E-state index >= 15 is 0 Å². The molecule has 0 radical (unpaired) electrons. The van der Waals surface area contributed by atoms with E-state index in [-0.39, 0.29) is 10.6 Å². The van der Waals surface area contributed by atoms with E-state index < -0.39 is 0 Å². The van der Waals surface area contributed by atoms with Crippen LogP contribution in [-0.2, 0) is 0 Å². The molecule has 3 nitrogen and oxygen atoms in total. The van der Waals surface area contributed by atoms with Crippen LogP contribution in [-0.4, -0.2) is 4.92 Å². The Labute approximate surface area is 155 Å². The van der Waals surface area contributed by atoms with Crippen LogP contribution in [0.25, 0.3) is 22.3 Å². The molecule has 134 valence electrons. The van der Waals surface area contributed by atoms with Gasteiger partial charge < -0.3 is 0 Å². The Balaban J connectivity index is 2.28. The van der Waals surface area contributed by atoms with Crippen molar-refractivity contribution in [3.63, 3.8) is 0 Å². The minimum Gasteiger partial charge on any atom is -0.258 e. The summed E-state index contributed by atoms with van der Waals surface area (Å²) in [7, 11) is 0. The van der Waals surface area contributed by atoms with Crippen molar-refractivity contribution >= 4 is 5.69 Å². The number of rotatable bonds is 3. The van der Waals surface area contributed by atoms with E-state index in [2.05, 4.69) is 52.0 Å². The second-order valence-electron chi connectivity index (χ2n) is 7.56. The number of fused-ring (bicyclic) bond motifs is 1. The first-order valence-corrected chi connectivity index (χ1v) is 9.00. The lowest BCUT2D eigenvalue weighted by molar-refractivity contribution is -0.386. The smallest absolute Gasteiger partial charge is 0.258 e. The molecule has 0 N–H and O–H groups in total. The molecule has 1 aromatic rings. The molecule has 0 aliphatic heterocycles. The Kier molecular flexibility index (Phi) is 4.57. The summed E-state index contributed by atoms with van der Waals surface area (Å²) in [6, 6.07) is 12.8. The van der Waals surface area contributed by atoms with Crippen molar-refractivity contribution in [3.8, 4) is 22.3 Å². The van der Waals surface area contributed by atoms with Gasteiger partial charge in [-0.3, -0.25) is 10.1 Å². The third-order valence-corrected chi connectivity index (χ3v) is 5.21. The molecule has 0 heterocycles. The van der Waals surface area contributed by atoms with Gasteiger partial charge in [0.25, 0.3) is 5.69 Å². The fourth-order valence-electron chi connectivity index (χ4n) is 3.83. The van der Waals surface area contributed by atoms with Crippen LogP contribution in [0.4, 0.5) is 5.69 Å². The van der Waals surface area contributed by atoms with Crippen LogP contribution in [0.5, 0.6) is 0 Å². The normalized spacial score (nSPS) is 11.3. The Morgan fingerprint density at radius 3 is 1.96 bits per heavy atom. The summed E-state index contributed by atoms with van der Waals surface area (Å²) in [5, 5.41) is 11.3. The minimum absolute atomic E-state index is 0.214. The van der Waals surface area contributed by atoms with E-state index in [1.165, 1.54) is 27.8 Å². The molecule has 0 fully saturated rings. The zero-order valence-corrected chi connectivity index (χ0v) is 16.3. The first-order chi connectivity index (χ1) is 12.2. The highest BCUT2D eigenvalue weighted by Crippen LogP contribution is 2.42. The number of nitro benzene ring substituents is 1. The molecule has 0 atom stereocenters. The second kappa shape index (κ2) is 6.56. The third-order valence-electron chi connectivity index (χ3n) is 5.21. The van der Waals surface area contributed by atoms with E-state index in [0.717, 1.165) is 11.1 Å². The standard InChI is InChI=1S/C23H25NO2/c1-13(2)18-8-7-14(3)22-20(12-18)15(4)11-21(22)19-9-16(5)23(24(25)26)17(6)10-19/h7-13H,1-6H3. The predicted molar refractivity (Wildman–Crippen MR) is 108 cm³/mol. The predicted octanol–water partition coefficient (Wildman–Crippen LogP) is 6.72. The molecule has 0 spiro atoms. The zero-order chi connectivity index (χ0) is 19.2. The monoisotopic (exact) mass is 347 g/mol. The maximum absolute atomic E-state index is 11.3. The highest BCUT2D eigenvalue weighted by molar-refractivity contribution is 5.91. The van der Waals surface area contributed by atoms with Crippen LogP contribution in [0.3, 0.4) is 0 Å². The fourth-order valence-corrected chi connectivity index (χ4v) is 3.83. The van der Waals surface area contributed by atoms with Gasteiger partial charge in [-0.1, -0.05) is 38.1 Å². The highest BCUT2D eigenvalue weighted by atomic mass is 16.6. The van der Waals surface area contributed by atoms with Gasteiger partial charge in [0.2, 0.25) is 0 Å². The largest absolute Gasteiger partial charge is 0.275 e. The molecule has 0 aromatic heterocycles. The Bertz CT molecular complexity index is 963. The van der Waals surface area contributed by atoms with Crippen molar-refractivity contribution < 1.29 is 4.92 Å². The van der Waals surface area contributed by atoms with Gasteiger partial charge >= 0.3 is 0 Å². The Morgan fingerprint density at radius 2 is 1.42 bits per heavy atom. The summed E-state index contributed by atoms with van der Waals surface area (Å²) < 4.78 is 0. The summed E-state index contributed by atoms with van der Waals surface area (Å²) in [5.74, 6) is 0.464. The first kappa shape index (κ1) is 18.1. The molecule has 26 heavy (non-hydrogen) atoms. The van der Waals surface area contributed by atoms with Gasteiger partial charge in [-0.25, -0.2) is 0 Å². The maximum atomic E-state index is 11.3. The third kappa shape index (κ3) is 2.98. The van der Waals surface area contributed by atoms with Crippen molar-refractivity contribution in [3.05, 3.63) is 74.3 Å². The van der Waals surface area contributed by atoms with Crippen LogP contribution in [0.15, 0.2) is 36.4 Å². The van der Waals surface area contributed by atoms with E-state index in [1.54, 1.807) is 0 Å². The van der Waals surface area contributed by atoms with Gasteiger partial charge in [0.15, 0.2) is 0 Å². The van der Waals surface area contributed by atoms with Crippen molar-refractivity contribution in [2.45, 2.75) is 47.5 Å². The number of nitro groups is 1. The molecule has 3 heteroatoms. The van der Waals surface area contributed by atoms with E-state index in [4.69, 9.17) is 0 Å². The average molecular weight is 347 g/mol. The van der Waals surface area contributed by atoms with Gasteiger partial charge in [-0.2, -0.15) is 0 Å². The number of aryl methyl sites for hydroxylation is 4. The minimum atomic E-state index is -0.289. The lowest BCUT2D eigenvalue weighted by atomic mass is 9.95. The van der Waals surface area contributed by atoms with E-state index in [0.29, 0.717) is 17.0 Å². The van der Waals surface area contributed by atoms with Gasteiger partial charge in [-0.15, -0.1) is 0 Å². The summed E-state index contributed by atoms with van der Waals surface area (Å²) in [5.41, 5.74) is 10.1. The molecular weight excluding hydrogens is 322 g/mol. The summed E-state index contributed by atoms with van der Waals surface area (Å²) >= 11 is 0. The van der Waals surface area contributed by atoms with Gasteiger partial charge in [0.05, 0.1) is 4.92 Å². The van der Waals surface area contributed by atoms with Crippen LogP contribution < -0.4 is 0 Å². The lowest BCUT2D eigenvalue weighted by Crippen LogP contribution is -1.96. The van der Waals surface area contributed by atoms with Crippen LogP contribution in [0.2, 0.25) is 0 Å². The van der Waals surface area contributed by atoms with Gasteiger partial charge in [-0.05, 0) is 84.7 Å². The number of nitrogens with zero attached hydrogens (tertiary/aromatic N) is 1. The van der Waals surface area contributed by atoms with E-state index in [1.807, 2.05) is 26.0 Å². The quantitative estimate of drug-likeness (QED) is 0.390. The summed E-state index contributed by atoms with van der Waals surface area (Å²) in [6.45, 7) is 12.3. The SMILES string of the molecule is Cc1cc(-c2cc(C)c([N+](=O)[O-])c(C)c2)c2c(C)ccc(C(C)C)cc1-2. The molecule has 0 bridgehead atoms. The van der Waals surface area contributed by atoms with Crippen LogP contribution in [0.1, 0.15) is 47.6 Å². The highest BCUT2D eigenvalue weighted by Gasteiger charge is 2.21. The van der Waals surface area contributed by atoms with Gasteiger partial charge in [0.1, 0.15) is 0 Å². The molecule has 0 amide bonds. The Morgan fingerprint density at radius 1 is 0.808 bits per heavy atom. The summed E-state index contributed by atoms with van der Waals surface area (Å²) in [4.78, 5) is 11.0. The zero-order valence-electron chi connectivity index (χ0n) is 16.3. The van der Waals surface area contributed by atoms with Crippen molar-refractivity contribution in [1.29, 1.82) is 0 Å². The molecule has 0 saturated heterocycles. The van der Waals surface area contributed by atoms with Gasteiger partial charge in [0, 0.05) is 11.1 Å². The Hall–Kier alpha value is -2.68. The maximum Gasteiger partial charge on any atom is 0.275 e. The molecule has 2 aliphatic rings. The summed E-state index contributed by atoms with van der Waals surface area (Å²) in [6.07, 6.45) is 0. The number of benzene rings is 1. The molecule has 1 aromatic carbocycles. The molecule has 0 saturated carbocycles.